The molecule has 0 saturated heterocycles. The molecule has 0 aliphatic carbocycles. The minimum atomic E-state index is 0.794. The van der Waals surface area contributed by atoms with Gasteiger partial charge in [0.15, 0.2) is 0 Å². The normalized spacial score (nSPS) is 10.7. The lowest BCUT2D eigenvalue weighted by Gasteiger charge is -2.08. The Morgan fingerprint density at radius 1 is 0.950 bits per heavy atom. The molecule has 3 aromatic rings. The van der Waals surface area contributed by atoms with Gasteiger partial charge in [-0.15, -0.1) is 0 Å². The molecule has 2 heterocycles. The summed E-state index contributed by atoms with van der Waals surface area (Å²) < 4.78 is 3.02. The van der Waals surface area contributed by atoms with Gasteiger partial charge in [0.05, 0.1) is 12.9 Å². The molecule has 0 radical (unpaired) electrons. The molecule has 3 nitrogen and oxygen atoms in total. The van der Waals surface area contributed by atoms with E-state index in [4.69, 9.17) is 0 Å². The van der Waals surface area contributed by atoms with E-state index in [1.165, 1.54) is 16.8 Å². The predicted molar refractivity (Wildman–Crippen MR) is 82.5 cm³/mol. The number of rotatable bonds is 4. The molecule has 20 heavy (non-hydrogen) atoms. The van der Waals surface area contributed by atoms with Crippen LogP contribution in [-0.4, -0.2) is 14.5 Å². The number of pyridine rings is 1. The largest absolute Gasteiger partial charge is 0.330 e. The Hall–Kier alpha value is -1.94. The molecule has 0 amide bonds. The van der Waals surface area contributed by atoms with E-state index in [1.807, 2.05) is 30.9 Å². The molecular formula is C16H14BrN3. The van der Waals surface area contributed by atoms with Gasteiger partial charge in [-0.2, -0.15) is 0 Å². The van der Waals surface area contributed by atoms with Crippen molar-refractivity contribution in [2.24, 2.45) is 0 Å². The van der Waals surface area contributed by atoms with Crippen LogP contribution in [0.25, 0.3) is 0 Å². The summed E-state index contributed by atoms with van der Waals surface area (Å²) in [5, 5.41) is 0. The minimum absolute atomic E-state index is 0.794. The van der Waals surface area contributed by atoms with Crippen molar-refractivity contribution in [1.82, 2.24) is 14.5 Å². The van der Waals surface area contributed by atoms with E-state index in [9.17, 15) is 0 Å². The van der Waals surface area contributed by atoms with E-state index in [-0.39, 0.29) is 0 Å². The van der Waals surface area contributed by atoms with E-state index in [0.29, 0.717) is 0 Å². The molecule has 0 atom stereocenters. The van der Waals surface area contributed by atoms with Crippen molar-refractivity contribution < 1.29 is 0 Å². The van der Waals surface area contributed by atoms with Gasteiger partial charge in [-0.3, -0.25) is 0 Å². The van der Waals surface area contributed by atoms with Crippen molar-refractivity contribution in [1.29, 1.82) is 0 Å². The highest BCUT2D eigenvalue weighted by Crippen LogP contribution is 2.12. The molecular weight excluding hydrogens is 314 g/mol. The van der Waals surface area contributed by atoms with Gasteiger partial charge in [0.1, 0.15) is 4.60 Å². The number of nitrogens with zero attached hydrogens (tertiary/aromatic N) is 3. The molecule has 0 aliphatic heterocycles. The second kappa shape index (κ2) is 6.01. The SMILES string of the molecule is Brc1ccc(Cn2cncc2Cc2ccccc2)cn1. The van der Waals surface area contributed by atoms with Gasteiger partial charge < -0.3 is 4.57 Å². The molecule has 0 N–H and O–H groups in total. The molecule has 100 valence electrons. The Morgan fingerprint density at radius 2 is 1.80 bits per heavy atom. The Kier molecular flexibility index (Phi) is 3.92. The Bertz CT molecular complexity index is 674. The smallest absolute Gasteiger partial charge is 0.106 e. The first-order valence-corrected chi connectivity index (χ1v) is 7.24. The summed E-state index contributed by atoms with van der Waals surface area (Å²) in [6.45, 7) is 0.794. The summed E-state index contributed by atoms with van der Waals surface area (Å²) in [5.41, 5.74) is 3.67. The average molecular weight is 328 g/mol. The Morgan fingerprint density at radius 3 is 2.55 bits per heavy atom. The minimum Gasteiger partial charge on any atom is -0.330 e. The maximum Gasteiger partial charge on any atom is 0.106 e. The van der Waals surface area contributed by atoms with Crippen molar-refractivity contribution in [2.45, 2.75) is 13.0 Å². The number of hydrogen-bond acceptors (Lipinski definition) is 2. The van der Waals surface area contributed by atoms with Crippen molar-refractivity contribution >= 4 is 15.9 Å². The van der Waals surface area contributed by atoms with Crippen molar-refractivity contribution in [3.05, 3.63) is 82.6 Å². The predicted octanol–water partition coefficient (Wildman–Crippen LogP) is 3.68. The molecule has 0 saturated carbocycles. The lowest BCUT2D eigenvalue weighted by Crippen LogP contribution is -2.04. The van der Waals surface area contributed by atoms with Crippen LogP contribution in [0.2, 0.25) is 0 Å². The maximum atomic E-state index is 4.27. The fraction of sp³-hybridized carbons (Fsp3) is 0.125. The van der Waals surface area contributed by atoms with Crippen LogP contribution in [0, 0.1) is 0 Å². The van der Waals surface area contributed by atoms with E-state index < -0.39 is 0 Å². The van der Waals surface area contributed by atoms with Gasteiger partial charge in [0, 0.05) is 24.5 Å². The summed E-state index contributed by atoms with van der Waals surface area (Å²) >= 11 is 3.35. The summed E-state index contributed by atoms with van der Waals surface area (Å²) in [4.78, 5) is 8.52. The maximum absolute atomic E-state index is 4.27. The zero-order valence-electron chi connectivity index (χ0n) is 10.9. The third kappa shape index (κ3) is 3.14. The van der Waals surface area contributed by atoms with Crippen LogP contribution in [0.1, 0.15) is 16.8 Å². The fourth-order valence-electron chi connectivity index (χ4n) is 2.14. The van der Waals surface area contributed by atoms with Crippen LogP contribution in [-0.2, 0) is 13.0 Å². The molecule has 4 heteroatoms. The third-order valence-electron chi connectivity index (χ3n) is 3.17. The van der Waals surface area contributed by atoms with Crippen LogP contribution < -0.4 is 0 Å². The number of hydrogen-bond donors (Lipinski definition) is 0. The van der Waals surface area contributed by atoms with E-state index in [2.05, 4.69) is 60.8 Å². The standard InChI is InChI=1S/C16H14BrN3/c17-16-7-6-14(9-19-16)11-20-12-18-10-15(20)8-13-4-2-1-3-5-13/h1-7,9-10,12H,8,11H2. The molecule has 0 bridgehead atoms. The number of benzene rings is 1. The summed E-state index contributed by atoms with van der Waals surface area (Å²) in [6.07, 6.45) is 6.58. The van der Waals surface area contributed by atoms with Crippen LogP contribution in [0.3, 0.4) is 0 Å². The monoisotopic (exact) mass is 327 g/mol. The van der Waals surface area contributed by atoms with Crippen molar-refractivity contribution in [2.75, 3.05) is 0 Å². The van der Waals surface area contributed by atoms with Gasteiger partial charge in [0.25, 0.3) is 0 Å². The first kappa shape index (κ1) is 13.1. The highest BCUT2D eigenvalue weighted by Gasteiger charge is 2.04. The number of halogens is 1. The third-order valence-corrected chi connectivity index (χ3v) is 3.64. The second-order valence-corrected chi connectivity index (χ2v) is 5.48. The van der Waals surface area contributed by atoms with Gasteiger partial charge in [-0.05, 0) is 33.1 Å². The number of aromatic nitrogens is 3. The van der Waals surface area contributed by atoms with Crippen LogP contribution in [0.5, 0.6) is 0 Å². The summed E-state index contributed by atoms with van der Waals surface area (Å²) in [7, 11) is 0. The topological polar surface area (TPSA) is 30.7 Å². The fourth-order valence-corrected chi connectivity index (χ4v) is 2.37. The summed E-state index contributed by atoms with van der Waals surface area (Å²) in [5.74, 6) is 0. The van der Waals surface area contributed by atoms with Crippen molar-refractivity contribution in [3.8, 4) is 0 Å². The highest BCUT2D eigenvalue weighted by molar-refractivity contribution is 9.10. The highest BCUT2D eigenvalue weighted by atomic mass is 79.9. The van der Waals surface area contributed by atoms with E-state index >= 15 is 0 Å². The molecule has 0 unspecified atom stereocenters. The zero-order valence-corrected chi connectivity index (χ0v) is 12.5. The first-order chi connectivity index (χ1) is 9.81. The Balaban J connectivity index is 1.78. The van der Waals surface area contributed by atoms with Crippen LogP contribution >= 0.6 is 15.9 Å². The Labute approximate surface area is 126 Å². The van der Waals surface area contributed by atoms with Gasteiger partial charge >= 0.3 is 0 Å². The zero-order chi connectivity index (χ0) is 13.8. The van der Waals surface area contributed by atoms with Crippen molar-refractivity contribution in [3.63, 3.8) is 0 Å². The lowest BCUT2D eigenvalue weighted by atomic mass is 10.1. The van der Waals surface area contributed by atoms with E-state index in [0.717, 1.165) is 17.6 Å². The molecule has 0 spiro atoms. The van der Waals surface area contributed by atoms with Gasteiger partial charge in [0.2, 0.25) is 0 Å². The molecule has 0 fully saturated rings. The first-order valence-electron chi connectivity index (χ1n) is 6.44. The van der Waals surface area contributed by atoms with Gasteiger partial charge in [-0.25, -0.2) is 9.97 Å². The average Bonchev–Trinajstić information content (AvgIpc) is 2.90. The van der Waals surface area contributed by atoms with Crippen LogP contribution in [0.4, 0.5) is 0 Å². The van der Waals surface area contributed by atoms with E-state index in [1.54, 1.807) is 0 Å². The number of imidazole rings is 1. The molecule has 3 rings (SSSR count). The van der Waals surface area contributed by atoms with Gasteiger partial charge in [-0.1, -0.05) is 36.4 Å². The van der Waals surface area contributed by atoms with Crippen LogP contribution in [0.15, 0.2) is 65.8 Å². The quantitative estimate of drug-likeness (QED) is 0.684. The molecule has 1 aromatic carbocycles. The second-order valence-electron chi connectivity index (χ2n) is 4.66. The molecule has 0 aliphatic rings. The summed E-state index contributed by atoms with van der Waals surface area (Å²) in [6, 6.07) is 14.5. The lowest BCUT2D eigenvalue weighted by molar-refractivity contribution is 0.750. The molecule has 2 aromatic heterocycles.